The Bertz CT molecular complexity index is 330. The number of hydrogen-bond donors (Lipinski definition) is 1. The van der Waals surface area contributed by atoms with E-state index in [1.165, 1.54) is 51.8 Å². The molecule has 4 heteroatoms. The first-order valence-electron chi connectivity index (χ1n) is 7.90. The van der Waals surface area contributed by atoms with E-state index in [4.69, 9.17) is 5.73 Å². The van der Waals surface area contributed by atoms with E-state index in [1.54, 1.807) is 14.2 Å². The fraction of sp³-hybridized carbons (Fsp3) is 0.800. The Balaban J connectivity index is 2.93. The number of anilines is 1. The van der Waals surface area contributed by atoms with Crippen molar-refractivity contribution in [2.45, 2.75) is 72.6 Å². The second kappa shape index (κ2) is 9.22. The number of rotatable bonds is 10. The molecule has 0 saturated carbocycles. The van der Waals surface area contributed by atoms with Gasteiger partial charge in [0, 0.05) is 0 Å². The van der Waals surface area contributed by atoms with Crippen molar-refractivity contribution in [2.24, 2.45) is 0 Å². The summed E-state index contributed by atoms with van der Waals surface area (Å²) < 4.78 is 6.16. The molecule has 0 fully saturated rings. The second-order valence-electron chi connectivity index (χ2n) is 5.65. The second-order valence-corrected chi connectivity index (χ2v) is 20.9. The molecule has 0 unspecified atom stereocenters. The van der Waals surface area contributed by atoms with Crippen molar-refractivity contribution in [1.29, 1.82) is 0 Å². The molecule has 19 heavy (non-hydrogen) atoms. The summed E-state index contributed by atoms with van der Waals surface area (Å²) in [5.74, 6) is 0. The third-order valence-electron chi connectivity index (χ3n) is 4.07. The van der Waals surface area contributed by atoms with Crippen LogP contribution in [-0.2, 0) is 0 Å². The van der Waals surface area contributed by atoms with E-state index < -0.39 is 18.4 Å². The summed E-state index contributed by atoms with van der Waals surface area (Å²) in [6.07, 6.45) is 10.3. The molecule has 2 nitrogen and oxygen atoms in total. The monoisotopic (exact) mass is 390 g/mol. The van der Waals surface area contributed by atoms with Crippen molar-refractivity contribution in [3.63, 3.8) is 0 Å². The maximum atomic E-state index is 5.90. The van der Waals surface area contributed by atoms with Gasteiger partial charge in [-0.1, -0.05) is 0 Å². The molecule has 0 spiro atoms. The van der Waals surface area contributed by atoms with Crippen LogP contribution >= 0.6 is 11.3 Å². The van der Waals surface area contributed by atoms with Gasteiger partial charge in [-0.05, 0) is 0 Å². The van der Waals surface area contributed by atoms with E-state index in [9.17, 15) is 0 Å². The summed E-state index contributed by atoms with van der Waals surface area (Å²) >= 11 is -0.393. The van der Waals surface area contributed by atoms with Crippen LogP contribution in [0.4, 0.5) is 5.13 Å². The van der Waals surface area contributed by atoms with Gasteiger partial charge in [-0.2, -0.15) is 0 Å². The van der Waals surface area contributed by atoms with E-state index >= 15 is 0 Å². The fourth-order valence-electron chi connectivity index (χ4n) is 2.82. The molecule has 0 aliphatic rings. The van der Waals surface area contributed by atoms with Gasteiger partial charge in [0.15, 0.2) is 0 Å². The molecule has 0 aliphatic heterocycles. The summed E-state index contributed by atoms with van der Waals surface area (Å²) in [6.45, 7) is 6.95. The summed E-state index contributed by atoms with van der Waals surface area (Å²) in [7, 11) is 0. The van der Waals surface area contributed by atoms with Crippen molar-refractivity contribution >= 4 is 37.7 Å². The van der Waals surface area contributed by atoms with Crippen molar-refractivity contribution in [3.8, 4) is 0 Å². The van der Waals surface area contributed by atoms with E-state index in [-0.39, 0.29) is 0 Å². The van der Waals surface area contributed by atoms with Gasteiger partial charge in [0.25, 0.3) is 0 Å². The zero-order valence-corrected chi connectivity index (χ0v) is 16.5. The van der Waals surface area contributed by atoms with Gasteiger partial charge in [-0.15, -0.1) is 0 Å². The predicted molar refractivity (Wildman–Crippen MR) is 91.1 cm³/mol. The summed E-state index contributed by atoms with van der Waals surface area (Å²) in [5, 5.41) is 0.778. The van der Waals surface area contributed by atoms with Gasteiger partial charge in [0.1, 0.15) is 0 Å². The molecule has 0 bridgehead atoms. The zero-order valence-electron chi connectivity index (χ0n) is 12.9. The van der Waals surface area contributed by atoms with Crippen LogP contribution in [0.3, 0.4) is 0 Å². The molecule has 0 amide bonds. The molecule has 0 aliphatic carbocycles. The first kappa shape index (κ1) is 17.3. The van der Waals surface area contributed by atoms with E-state index in [0.29, 0.717) is 0 Å². The molecule has 1 heterocycles. The Hall–Kier alpha value is 0.229. The molecule has 0 saturated heterocycles. The molecule has 1 aromatic rings. The molecule has 0 aromatic carbocycles. The molecular formula is C15H30N2SSn. The number of nitrogens with two attached hydrogens (primary N) is 1. The van der Waals surface area contributed by atoms with Crippen molar-refractivity contribution in [3.05, 3.63) is 6.20 Å². The Morgan fingerprint density at radius 2 is 1.47 bits per heavy atom. The fourth-order valence-corrected chi connectivity index (χ4v) is 22.3. The van der Waals surface area contributed by atoms with Crippen LogP contribution in [0.25, 0.3) is 0 Å². The quantitative estimate of drug-likeness (QED) is 0.585. The minimum absolute atomic E-state index is 0.778. The Labute approximate surface area is 127 Å². The number of nitrogen functional groups attached to an aromatic ring is 1. The number of hydrogen-bond acceptors (Lipinski definition) is 3. The Kier molecular flexibility index (Phi) is 8.38. The van der Waals surface area contributed by atoms with Crippen LogP contribution < -0.4 is 8.63 Å². The van der Waals surface area contributed by atoms with Gasteiger partial charge in [0.2, 0.25) is 0 Å². The maximum absolute atomic E-state index is 5.90. The number of unbranched alkanes of at least 4 members (excludes halogenated alkanes) is 3. The minimum atomic E-state index is -2.20. The average molecular weight is 389 g/mol. The molecular weight excluding hydrogens is 359 g/mol. The number of nitrogens with zero attached hydrogens (tertiary/aromatic N) is 1. The molecule has 2 N–H and O–H groups in total. The van der Waals surface area contributed by atoms with Gasteiger partial charge in [0.05, 0.1) is 0 Å². The Morgan fingerprint density at radius 1 is 1.00 bits per heavy atom. The Morgan fingerprint density at radius 3 is 1.79 bits per heavy atom. The average Bonchev–Trinajstić information content (AvgIpc) is 2.85. The van der Waals surface area contributed by atoms with E-state index in [1.807, 2.05) is 0 Å². The summed E-state index contributed by atoms with van der Waals surface area (Å²) in [4.78, 5) is 4.36. The number of thiazole rings is 1. The predicted octanol–water partition coefficient (Wildman–Crippen LogP) is 4.78. The van der Waals surface area contributed by atoms with Gasteiger partial charge in [-0.3, -0.25) is 0 Å². The number of aromatic nitrogens is 1. The summed E-state index contributed by atoms with van der Waals surface area (Å²) in [5.41, 5.74) is 5.90. The van der Waals surface area contributed by atoms with Crippen LogP contribution in [-0.4, -0.2) is 23.4 Å². The van der Waals surface area contributed by atoms with Gasteiger partial charge in [-0.25, -0.2) is 0 Å². The SMILES string of the molecule is CCC[CH2][Sn]([CH2]CCC)([CH2]CCC)[c]1cnc(N)s1. The first-order valence-corrected chi connectivity index (χ1v) is 16.2. The summed E-state index contributed by atoms with van der Waals surface area (Å²) in [6, 6.07) is 0. The van der Waals surface area contributed by atoms with Crippen molar-refractivity contribution < 1.29 is 0 Å². The normalized spacial score (nSPS) is 11.9. The topological polar surface area (TPSA) is 38.9 Å². The third kappa shape index (κ3) is 5.25. The van der Waals surface area contributed by atoms with E-state index in [0.717, 1.165) is 5.13 Å². The van der Waals surface area contributed by atoms with Gasteiger partial charge < -0.3 is 0 Å². The molecule has 0 atom stereocenters. The van der Waals surface area contributed by atoms with Crippen LogP contribution in [0.2, 0.25) is 13.3 Å². The first-order chi connectivity index (χ1) is 9.18. The zero-order chi connectivity index (χ0) is 14.1. The third-order valence-corrected chi connectivity index (χ3v) is 23.1. The molecule has 0 radical (unpaired) electrons. The van der Waals surface area contributed by atoms with Crippen molar-refractivity contribution in [2.75, 3.05) is 5.73 Å². The van der Waals surface area contributed by atoms with Gasteiger partial charge >= 0.3 is 127 Å². The van der Waals surface area contributed by atoms with Crippen LogP contribution in [0, 0.1) is 0 Å². The van der Waals surface area contributed by atoms with Crippen LogP contribution in [0.5, 0.6) is 0 Å². The molecule has 1 aromatic heterocycles. The van der Waals surface area contributed by atoms with Crippen LogP contribution in [0.15, 0.2) is 6.20 Å². The van der Waals surface area contributed by atoms with Crippen LogP contribution in [0.1, 0.15) is 59.3 Å². The molecule has 1 rings (SSSR count). The van der Waals surface area contributed by atoms with E-state index in [2.05, 4.69) is 32.0 Å². The molecule has 110 valence electrons. The standard InChI is InChI=1S/3C4H9.C3H3N2S.Sn/c3*1-3-4-2;4-3-5-1-2-6-3;/h3*1,3-4H2,2H3;1H,(H2,4,5);. The van der Waals surface area contributed by atoms with Crippen molar-refractivity contribution in [1.82, 2.24) is 4.98 Å².